The van der Waals surface area contributed by atoms with Gasteiger partial charge in [0.05, 0.1) is 33.8 Å². The molecule has 0 heterocycles. The van der Waals surface area contributed by atoms with Crippen LogP contribution in [0.5, 0.6) is 0 Å². The van der Waals surface area contributed by atoms with E-state index in [1.165, 1.54) is 109 Å². The normalized spacial score (nSPS) is 14.3. The molecule has 1 amide bonds. The lowest BCUT2D eigenvalue weighted by Gasteiger charge is -2.27. The van der Waals surface area contributed by atoms with Gasteiger partial charge in [-0.3, -0.25) is 18.6 Å². The van der Waals surface area contributed by atoms with Gasteiger partial charge in [-0.25, -0.2) is 4.57 Å². The number of likely N-dealkylation sites (N-methyl/N-ethyl adjacent to an activating group) is 1. The van der Waals surface area contributed by atoms with Gasteiger partial charge in [0.15, 0.2) is 0 Å². The van der Waals surface area contributed by atoms with Crippen molar-refractivity contribution in [3.8, 4) is 0 Å². The maximum atomic E-state index is 13.6. The summed E-state index contributed by atoms with van der Waals surface area (Å²) in [5.41, 5.74) is 0. The lowest BCUT2D eigenvalue weighted by molar-refractivity contribution is -0.870. The average Bonchev–Trinajstić information content (AvgIpc) is 3.42. The number of phosphoric acid groups is 1. The minimum absolute atomic E-state index is 0.0289. The van der Waals surface area contributed by atoms with Crippen LogP contribution >= 0.6 is 7.82 Å². The Morgan fingerprint density at radius 3 is 1.23 bits per heavy atom. The summed E-state index contributed by atoms with van der Waals surface area (Å²) in [6, 6.07) is -0.871. The van der Waals surface area contributed by atoms with Crippen molar-refractivity contribution >= 4 is 19.7 Å². The van der Waals surface area contributed by atoms with Crippen molar-refractivity contribution < 1.29 is 37.3 Å². The van der Waals surface area contributed by atoms with E-state index in [-0.39, 0.29) is 31.5 Å². The molecule has 3 unspecified atom stereocenters. The number of hydrogen-bond donors (Lipinski definition) is 2. The predicted molar refractivity (Wildman–Crippen MR) is 346 cm³/mol. The van der Waals surface area contributed by atoms with Crippen LogP contribution < -0.4 is 5.32 Å². The van der Waals surface area contributed by atoms with Gasteiger partial charge < -0.3 is 19.4 Å². The molecule has 0 aromatic heterocycles. The molecule has 0 aromatic carbocycles. The topological polar surface area (TPSA) is 111 Å². The predicted octanol–water partition coefficient (Wildman–Crippen LogP) is 20.5. The molecule has 460 valence electrons. The van der Waals surface area contributed by atoms with Gasteiger partial charge in [0.25, 0.3) is 0 Å². The van der Waals surface area contributed by atoms with Gasteiger partial charge in [0.2, 0.25) is 5.91 Å². The molecule has 80 heavy (non-hydrogen) atoms. The van der Waals surface area contributed by atoms with E-state index in [0.29, 0.717) is 23.9 Å². The van der Waals surface area contributed by atoms with Gasteiger partial charge in [0, 0.05) is 12.8 Å². The quantitative estimate of drug-likeness (QED) is 0.0205. The molecule has 3 atom stereocenters. The van der Waals surface area contributed by atoms with E-state index in [1.54, 1.807) is 0 Å². The zero-order chi connectivity index (χ0) is 58.6. The lowest BCUT2D eigenvalue weighted by Crippen LogP contribution is -2.47. The second-order valence-electron chi connectivity index (χ2n) is 22.9. The highest BCUT2D eigenvalue weighted by atomic mass is 31.2. The van der Waals surface area contributed by atoms with Gasteiger partial charge in [-0.1, -0.05) is 252 Å². The number of nitrogens with zero attached hydrogens (tertiary/aromatic N) is 1. The van der Waals surface area contributed by atoms with E-state index >= 15 is 0 Å². The summed E-state index contributed by atoms with van der Waals surface area (Å²) in [5.74, 6) is -0.542. The Morgan fingerprint density at radius 2 is 0.800 bits per heavy atom. The molecule has 0 rings (SSSR count). The second kappa shape index (κ2) is 58.9. The summed E-state index contributed by atoms with van der Waals surface area (Å²) in [4.78, 5) is 37.8. The third-order valence-corrected chi connectivity index (χ3v) is 14.9. The number of esters is 1. The Bertz CT molecular complexity index is 1740. The number of quaternary nitrogens is 1. The highest BCUT2D eigenvalue weighted by molar-refractivity contribution is 7.47. The van der Waals surface area contributed by atoms with Crippen LogP contribution in [-0.2, 0) is 27.9 Å². The van der Waals surface area contributed by atoms with Gasteiger partial charge in [-0.15, -0.1) is 0 Å². The Labute approximate surface area is 493 Å². The Morgan fingerprint density at radius 1 is 0.450 bits per heavy atom. The van der Waals surface area contributed by atoms with Crippen molar-refractivity contribution in [3.05, 3.63) is 109 Å². The first-order valence-corrected chi connectivity index (χ1v) is 34.2. The molecule has 10 heteroatoms. The SMILES string of the molecule is CC/C=C\C/C=C\C/C=C\C/C=C\C/C=C\C/C=C\CCCCCCC(=O)NC(COP(=O)(O)OCC[N+](C)(C)C)C(/C=C\CCCCCCCCCCCC)OC(=O)CCCCCCCCCCC/C=C\C/C=C\CCCCC. The van der Waals surface area contributed by atoms with Crippen LogP contribution in [0.1, 0.15) is 271 Å². The molecule has 0 aromatic rings. The first-order valence-electron chi connectivity index (χ1n) is 32.7. The zero-order valence-corrected chi connectivity index (χ0v) is 53.4. The van der Waals surface area contributed by atoms with Gasteiger partial charge in [-0.2, -0.15) is 0 Å². The van der Waals surface area contributed by atoms with Crippen LogP contribution in [0.15, 0.2) is 109 Å². The fourth-order valence-electron chi connectivity index (χ4n) is 8.91. The summed E-state index contributed by atoms with van der Waals surface area (Å²) < 4.78 is 30.7. The maximum Gasteiger partial charge on any atom is 0.472 e. The molecule has 0 fully saturated rings. The zero-order valence-electron chi connectivity index (χ0n) is 52.5. The van der Waals surface area contributed by atoms with E-state index in [1.807, 2.05) is 33.3 Å². The average molecular weight is 1140 g/mol. The molecule has 2 N–H and O–H groups in total. The van der Waals surface area contributed by atoms with Gasteiger partial charge >= 0.3 is 13.8 Å². The molecule has 0 aliphatic heterocycles. The molecule has 0 aliphatic carbocycles. The molecule has 0 bridgehead atoms. The van der Waals surface area contributed by atoms with Crippen molar-refractivity contribution in [2.75, 3.05) is 40.9 Å². The van der Waals surface area contributed by atoms with Gasteiger partial charge in [0.1, 0.15) is 19.3 Å². The minimum Gasteiger partial charge on any atom is -0.456 e. The van der Waals surface area contributed by atoms with E-state index in [0.717, 1.165) is 122 Å². The third-order valence-electron chi connectivity index (χ3n) is 13.9. The Hall–Kier alpha value is -3.33. The molecule has 0 saturated heterocycles. The number of rotatable bonds is 58. The molecular weight excluding hydrogens is 1010 g/mol. The number of carbonyl (C=O) groups is 2. The first-order chi connectivity index (χ1) is 38.9. The van der Waals surface area contributed by atoms with Crippen LogP contribution in [-0.4, -0.2) is 74.3 Å². The van der Waals surface area contributed by atoms with Gasteiger partial charge in [-0.05, 0) is 115 Å². The van der Waals surface area contributed by atoms with Crippen LogP contribution in [0.2, 0.25) is 0 Å². The van der Waals surface area contributed by atoms with Crippen LogP contribution in [0.3, 0.4) is 0 Å². The summed E-state index contributed by atoms with van der Waals surface area (Å²) in [6.45, 7) is 6.85. The lowest BCUT2D eigenvalue weighted by atomic mass is 10.0. The molecule has 0 saturated carbocycles. The van der Waals surface area contributed by atoms with Crippen molar-refractivity contribution in [1.29, 1.82) is 0 Å². The Balaban J connectivity index is 5.26. The van der Waals surface area contributed by atoms with Crippen molar-refractivity contribution in [1.82, 2.24) is 5.32 Å². The largest absolute Gasteiger partial charge is 0.472 e. The smallest absolute Gasteiger partial charge is 0.456 e. The fraction of sp³-hybridized carbons (Fsp3) is 0.714. The van der Waals surface area contributed by atoms with Crippen molar-refractivity contribution in [2.45, 2.75) is 283 Å². The highest BCUT2D eigenvalue weighted by Crippen LogP contribution is 2.43. The summed E-state index contributed by atoms with van der Waals surface area (Å²) in [5, 5.41) is 3.05. The Kier molecular flexibility index (Phi) is 56.4. The molecule has 0 spiro atoms. The molecular formula is C70H124N2O7P+. The number of unbranched alkanes of at least 4 members (excludes halogenated alkanes) is 26. The minimum atomic E-state index is -4.47. The number of hydrogen-bond acceptors (Lipinski definition) is 6. The van der Waals surface area contributed by atoms with Crippen LogP contribution in [0, 0.1) is 0 Å². The van der Waals surface area contributed by atoms with E-state index in [9.17, 15) is 19.0 Å². The molecule has 9 nitrogen and oxygen atoms in total. The standard InChI is InChI=1S/C70H123N2O7P/c1-7-10-13-16-19-22-25-28-30-32-34-35-36-37-39-40-42-44-47-50-53-56-59-62-69(73)71-67(66-78-80(75,76)77-65-64-72(4,5)6)68(61-58-55-52-49-46-27-24-21-18-15-12-9-3)79-70(74)63-60-57-54-51-48-45-43-41-38-33-31-29-26-23-20-17-14-11-8-2/h10,13,19-20,22-23,28-31,34-35,37,39,42,44,58,61,67-68H,7-9,11-12,14-18,21,24-27,32-33,36,38,40-41,43,45-57,59-60,62-66H2,1-6H3,(H-,71,73,75,76)/p+1/b13-10-,22-19-,23-20-,30-28-,31-29-,35-34-,39-37-,44-42-,61-58-. The number of ether oxygens (including phenoxy) is 1. The van der Waals surface area contributed by atoms with Crippen molar-refractivity contribution in [3.63, 3.8) is 0 Å². The summed E-state index contributed by atoms with van der Waals surface area (Å²) in [6.07, 6.45) is 80.8. The first kappa shape index (κ1) is 76.7. The number of allylic oxidation sites excluding steroid dienone is 17. The maximum absolute atomic E-state index is 13.6. The van der Waals surface area contributed by atoms with Crippen molar-refractivity contribution in [2.24, 2.45) is 0 Å². The van der Waals surface area contributed by atoms with E-state index < -0.39 is 20.0 Å². The second-order valence-corrected chi connectivity index (χ2v) is 24.4. The number of nitrogens with one attached hydrogen (secondary N) is 1. The van der Waals surface area contributed by atoms with E-state index in [2.05, 4.69) is 123 Å². The fourth-order valence-corrected chi connectivity index (χ4v) is 9.65. The number of amides is 1. The monoisotopic (exact) mass is 1140 g/mol. The van der Waals surface area contributed by atoms with E-state index in [4.69, 9.17) is 13.8 Å². The number of carbonyl (C=O) groups excluding carboxylic acids is 2. The third kappa shape index (κ3) is 59.3. The highest BCUT2D eigenvalue weighted by Gasteiger charge is 2.30. The van der Waals surface area contributed by atoms with Crippen LogP contribution in [0.25, 0.3) is 0 Å². The molecule has 0 radical (unpaired) electrons. The molecule has 0 aliphatic rings. The van der Waals surface area contributed by atoms with Crippen LogP contribution in [0.4, 0.5) is 0 Å². The summed E-state index contributed by atoms with van der Waals surface area (Å²) in [7, 11) is 1.46. The number of phosphoric ester groups is 1. The summed E-state index contributed by atoms with van der Waals surface area (Å²) >= 11 is 0.